The standard InChI is InChI=1S/C15H24N2O/c1-10-7-11(2)9-12(8-10)15(3,4)13(16-5)14(18)17-6/h7-9,13,16H,1-6H3,(H,17,18). The van der Waals surface area contributed by atoms with E-state index in [1.165, 1.54) is 16.7 Å². The lowest BCUT2D eigenvalue weighted by Crippen LogP contribution is -2.52. The van der Waals surface area contributed by atoms with E-state index in [1.807, 2.05) is 7.05 Å². The third-order valence-electron chi connectivity index (χ3n) is 3.48. The van der Waals surface area contributed by atoms with Crippen LogP contribution in [0.25, 0.3) is 0 Å². The van der Waals surface area contributed by atoms with Gasteiger partial charge in [0, 0.05) is 12.5 Å². The molecule has 0 heterocycles. The molecule has 0 saturated carbocycles. The number of rotatable bonds is 4. The number of nitrogens with one attached hydrogen (secondary N) is 2. The Bertz CT molecular complexity index is 418. The Kier molecular flexibility index (Phi) is 4.52. The number of benzene rings is 1. The molecule has 2 N–H and O–H groups in total. The van der Waals surface area contributed by atoms with Crippen LogP contribution >= 0.6 is 0 Å². The van der Waals surface area contributed by atoms with Crippen LogP contribution in [0.15, 0.2) is 18.2 Å². The molecule has 0 aliphatic rings. The predicted octanol–water partition coefficient (Wildman–Crippen LogP) is 1.92. The first kappa shape index (κ1) is 14.7. The monoisotopic (exact) mass is 248 g/mol. The van der Waals surface area contributed by atoms with Crippen LogP contribution in [0.4, 0.5) is 0 Å². The van der Waals surface area contributed by atoms with Gasteiger partial charge in [-0.1, -0.05) is 43.2 Å². The third-order valence-corrected chi connectivity index (χ3v) is 3.48. The Balaban J connectivity index is 3.21. The van der Waals surface area contributed by atoms with E-state index in [1.54, 1.807) is 7.05 Å². The number of hydrogen-bond donors (Lipinski definition) is 2. The molecule has 100 valence electrons. The van der Waals surface area contributed by atoms with Gasteiger partial charge in [-0.2, -0.15) is 0 Å². The fraction of sp³-hybridized carbons (Fsp3) is 0.533. The highest BCUT2D eigenvalue weighted by Gasteiger charge is 2.35. The molecular weight excluding hydrogens is 224 g/mol. The topological polar surface area (TPSA) is 41.1 Å². The Morgan fingerprint density at radius 2 is 1.61 bits per heavy atom. The van der Waals surface area contributed by atoms with Crippen molar-refractivity contribution >= 4 is 5.91 Å². The van der Waals surface area contributed by atoms with Crippen molar-refractivity contribution in [2.45, 2.75) is 39.2 Å². The summed E-state index contributed by atoms with van der Waals surface area (Å²) in [7, 11) is 3.49. The van der Waals surface area contributed by atoms with Gasteiger partial charge in [0.25, 0.3) is 0 Å². The van der Waals surface area contributed by atoms with E-state index >= 15 is 0 Å². The molecule has 3 nitrogen and oxygen atoms in total. The summed E-state index contributed by atoms with van der Waals surface area (Å²) in [6.07, 6.45) is 0. The zero-order valence-corrected chi connectivity index (χ0v) is 12.2. The highest BCUT2D eigenvalue weighted by molar-refractivity contribution is 5.83. The van der Waals surface area contributed by atoms with E-state index in [-0.39, 0.29) is 17.4 Å². The molecule has 0 radical (unpaired) electrons. The normalized spacial score (nSPS) is 13.2. The largest absolute Gasteiger partial charge is 0.358 e. The second-order valence-electron chi connectivity index (χ2n) is 5.43. The average Bonchev–Trinajstić information content (AvgIpc) is 2.28. The van der Waals surface area contributed by atoms with Crippen LogP contribution in [-0.4, -0.2) is 26.0 Å². The second kappa shape index (κ2) is 5.53. The summed E-state index contributed by atoms with van der Waals surface area (Å²) in [6.45, 7) is 8.36. The molecule has 0 fully saturated rings. The van der Waals surface area contributed by atoms with E-state index in [0.29, 0.717) is 0 Å². The van der Waals surface area contributed by atoms with Gasteiger partial charge in [-0.3, -0.25) is 4.79 Å². The van der Waals surface area contributed by atoms with Crippen LogP contribution in [0.3, 0.4) is 0 Å². The van der Waals surface area contributed by atoms with Crippen LogP contribution in [0, 0.1) is 13.8 Å². The van der Waals surface area contributed by atoms with Gasteiger partial charge in [0.2, 0.25) is 5.91 Å². The molecule has 1 rings (SSSR count). The van der Waals surface area contributed by atoms with Crippen molar-refractivity contribution in [3.05, 3.63) is 34.9 Å². The van der Waals surface area contributed by atoms with E-state index in [9.17, 15) is 4.79 Å². The third kappa shape index (κ3) is 2.91. The Morgan fingerprint density at radius 1 is 1.11 bits per heavy atom. The summed E-state index contributed by atoms with van der Waals surface area (Å²) < 4.78 is 0. The van der Waals surface area contributed by atoms with E-state index in [4.69, 9.17) is 0 Å². The van der Waals surface area contributed by atoms with E-state index in [2.05, 4.69) is 56.5 Å². The first-order valence-corrected chi connectivity index (χ1v) is 6.30. The molecule has 1 aromatic rings. The molecule has 0 aliphatic heterocycles. The minimum absolute atomic E-state index is 0.0154. The summed E-state index contributed by atoms with van der Waals surface area (Å²) in [6, 6.07) is 6.21. The van der Waals surface area contributed by atoms with Gasteiger partial charge in [-0.05, 0) is 26.5 Å². The quantitative estimate of drug-likeness (QED) is 0.854. The van der Waals surface area contributed by atoms with Gasteiger partial charge in [0.05, 0.1) is 6.04 Å². The first-order valence-electron chi connectivity index (χ1n) is 6.30. The maximum atomic E-state index is 12.0. The van der Waals surface area contributed by atoms with Crippen molar-refractivity contribution in [2.24, 2.45) is 0 Å². The average molecular weight is 248 g/mol. The van der Waals surface area contributed by atoms with Crippen molar-refractivity contribution < 1.29 is 4.79 Å². The summed E-state index contributed by atoms with van der Waals surface area (Å²) in [5, 5.41) is 5.84. The van der Waals surface area contributed by atoms with Crippen molar-refractivity contribution in [1.82, 2.24) is 10.6 Å². The van der Waals surface area contributed by atoms with E-state index < -0.39 is 0 Å². The lowest BCUT2D eigenvalue weighted by atomic mass is 9.76. The highest BCUT2D eigenvalue weighted by Crippen LogP contribution is 2.29. The van der Waals surface area contributed by atoms with Crippen molar-refractivity contribution in [3.63, 3.8) is 0 Å². The number of hydrogen-bond acceptors (Lipinski definition) is 2. The van der Waals surface area contributed by atoms with Crippen molar-refractivity contribution in [2.75, 3.05) is 14.1 Å². The van der Waals surface area contributed by atoms with Crippen LogP contribution < -0.4 is 10.6 Å². The molecule has 3 heteroatoms. The SMILES string of the molecule is CNC(=O)C(NC)C(C)(C)c1cc(C)cc(C)c1. The number of carbonyl (C=O) groups excluding carboxylic acids is 1. The van der Waals surface area contributed by atoms with Crippen molar-refractivity contribution in [1.29, 1.82) is 0 Å². The molecule has 18 heavy (non-hydrogen) atoms. The van der Waals surface area contributed by atoms with Gasteiger partial charge in [-0.15, -0.1) is 0 Å². The summed E-state index contributed by atoms with van der Waals surface area (Å²) >= 11 is 0. The Morgan fingerprint density at radius 3 is 2.00 bits per heavy atom. The molecule has 0 aliphatic carbocycles. The molecule has 0 spiro atoms. The Hall–Kier alpha value is -1.35. The number of aryl methyl sites for hydroxylation is 2. The summed E-state index contributed by atoms with van der Waals surface area (Å²) in [4.78, 5) is 12.0. The molecular formula is C15H24N2O. The second-order valence-corrected chi connectivity index (χ2v) is 5.43. The van der Waals surface area contributed by atoms with Crippen LogP contribution in [0.2, 0.25) is 0 Å². The van der Waals surface area contributed by atoms with Crippen LogP contribution in [0.1, 0.15) is 30.5 Å². The molecule has 1 amide bonds. The first-order chi connectivity index (χ1) is 8.32. The fourth-order valence-electron chi connectivity index (χ4n) is 2.48. The predicted molar refractivity (Wildman–Crippen MR) is 75.9 cm³/mol. The lowest BCUT2D eigenvalue weighted by molar-refractivity contribution is -0.124. The van der Waals surface area contributed by atoms with Gasteiger partial charge < -0.3 is 10.6 Å². The number of likely N-dealkylation sites (N-methyl/N-ethyl adjacent to an activating group) is 2. The lowest BCUT2D eigenvalue weighted by Gasteiger charge is -2.34. The van der Waals surface area contributed by atoms with Gasteiger partial charge in [0.15, 0.2) is 0 Å². The number of carbonyl (C=O) groups is 1. The molecule has 1 unspecified atom stereocenters. The van der Waals surface area contributed by atoms with Crippen molar-refractivity contribution in [3.8, 4) is 0 Å². The van der Waals surface area contributed by atoms with Crippen LogP contribution in [0.5, 0.6) is 0 Å². The molecule has 0 aromatic heterocycles. The minimum Gasteiger partial charge on any atom is -0.358 e. The molecule has 1 atom stereocenters. The maximum absolute atomic E-state index is 12.0. The number of amides is 1. The smallest absolute Gasteiger partial charge is 0.237 e. The van der Waals surface area contributed by atoms with Crippen LogP contribution in [-0.2, 0) is 10.2 Å². The summed E-state index contributed by atoms with van der Waals surface area (Å²) in [5.41, 5.74) is 3.38. The molecule has 1 aromatic carbocycles. The highest BCUT2D eigenvalue weighted by atomic mass is 16.2. The molecule has 0 saturated heterocycles. The molecule has 0 bridgehead atoms. The minimum atomic E-state index is -0.258. The summed E-state index contributed by atoms with van der Waals surface area (Å²) in [5.74, 6) is 0.0154. The van der Waals surface area contributed by atoms with Gasteiger partial charge >= 0.3 is 0 Å². The zero-order valence-electron chi connectivity index (χ0n) is 12.2. The van der Waals surface area contributed by atoms with E-state index in [0.717, 1.165) is 0 Å². The zero-order chi connectivity index (χ0) is 13.9. The van der Waals surface area contributed by atoms with Gasteiger partial charge in [-0.25, -0.2) is 0 Å². The Labute approximate surface area is 110 Å². The van der Waals surface area contributed by atoms with Gasteiger partial charge in [0.1, 0.15) is 0 Å². The maximum Gasteiger partial charge on any atom is 0.237 e. The fourth-order valence-corrected chi connectivity index (χ4v) is 2.48.